The Morgan fingerprint density at radius 2 is 1.75 bits per heavy atom. The fraction of sp³-hybridized carbons (Fsp3) is 0.188. The van der Waals surface area contributed by atoms with Crippen LogP contribution in [0.1, 0.15) is 6.92 Å². The lowest BCUT2D eigenvalue weighted by Crippen LogP contribution is -2.31. The number of nitrogens with one attached hydrogen (secondary N) is 2. The van der Waals surface area contributed by atoms with Crippen molar-refractivity contribution in [1.82, 2.24) is 0 Å². The number of alkyl halides is 3. The number of rotatable bonds is 5. The van der Waals surface area contributed by atoms with Gasteiger partial charge in [0, 0.05) is 17.4 Å². The Labute approximate surface area is 135 Å². The first-order valence-electron chi connectivity index (χ1n) is 6.92. The quantitative estimate of drug-likeness (QED) is 0.802. The molecule has 2 aromatic rings. The van der Waals surface area contributed by atoms with Gasteiger partial charge in [-0.15, -0.1) is 13.2 Å². The highest BCUT2D eigenvalue weighted by Gasteiger charge is 2.31. The van der Waals surface area contributed by atoms with Crippen molar-refractivity contribution in [1.29, 1.82) is 0 Å². The first-order chi connectivity index (χ1) is 11.2. The smallest absolute Gasteiger partial charge is 0.406 e. The number of halogens is 4. The molecule has 0 aliphatic rings. The third-order valence-corrected chi connectivity index (χ3v) is 2.94. The number of carbonyl (C=O) groups is 1. The zero-order valence-electron chi connectivity index (χ0n) is 12.5. The number of hydrogen-bond acceptors (Lipinski definition) is 3. The van der Waals surface area contributed by atoms with Crippen molar-refractivity contribution in [3.05, 3.63) is 54.3 Å². The van der Waals surface area contributed by atoms with E-state index in [-0.39, 0.29) is 11.4 Å². The van der Waals surface area contributed by atoms with Crippen molar-refractivity contribution in [3.8, 4) is 5.75 Å². The summed E-state index contributed by atoms with van der Waals surface area (Å²) in [5.74, 6) is -1.36. The van der Waals surface area contributed by atoms with E-state index >= 15 is 0 Å². The number of anilines is 2. The van der Waals surface area contributed by atoms with Crippen LogP contribution in [0.3, 0.4) is 0 Å². The molecule has 128 valence electrons. The highest BCUT2D eigenvalue weighted by molar-refractivity contribution is 5.96. The van der Waals surface area contributed by atoms with E-state index in [9.17, 15) is 22.4 Å². The predicted molar refractivity (Wildman–Crippen MR) is 81.2 cm³/mol. The maximum atomic E-state index is 13.1. The number of benzene rings is 2. The molecule has 0 saturated heterocycles. The van der Waals surface area contributed by atoms with Crippen LogP contribution >= 0.6 is 0 Å². The third kappa shape index (κ3) is 5.45. The molecule has 0 fully saturated rings. The SMILES string of the molecule is C[C@@H](Nc1cccc(OC(F)(F)F)c1)C(=O)Nc1cccc(F)c1. The van der Waals surface area contributed by atoms with Crippen molar-refractivity contribution in [3.63, 3.8) is 0 Å². The molecular formula is C16H14F4N2O2. The minimum Gasteiger partial charge on any atom is -0.406 e. The van der Waals surface area contributed by atoms with Crippen LogP contribution in [0.15, 0.2) is 48.5 Å². The molecule has 8 heteroatoms. The summed E-state index contributed by atoms with van der Waals surface area (Å²) in [7, 11) is 0. The van der Waals surface area contributed by atoms with Gasteiger partial charge in [0.1, 0.15) is 17.6 Å². The lowest BCUT2D eigenvalue weighted by atomic mass is 10.2. The number of hydrogen-bond donors (Lipinski definition) is 2. The Kier molecular flexibility index (Phi) is 5.28. The minimum atomic E-state index is -4.79. The summed E-state index contributed by atoms with van der Waals surface area (Å²) < 4.78 is 53.5. The van der Waals surface area contributed by atoms with E-state index in [0.717, 1.165) is 18.2 Å². The second kappa shape index (κ2) is 7.20. The largest absolute Gasteiger partial charge is 0.573 e. The Morgan fingerprint density at radius 3 is 2.42 bits per heavy atom. The average Bonchev–Trinajstić information content (AvgIpc) is 2.45. The molecule has 2 N–H and O–H groups in total. The highest BCUT2D eigenvalue weighted by Crippen LogP contribution is 2.25. The lowest BCUT2D eigenvalue weighted by molar-refractivity contribution is -0.274. The summed E-state index contributed by atoms with van der Waals surface area (Å²) in [6.07, 6.45) is -4.79. The molecule has 24 heavy (non-hydrogen) atoms. The topological polar surface area (TPSA) is 50.4 Å². The van der Waals surface area contributed by atoms with E-state index in [1.54, 1.807) is 0 Å². The summed E-state index contributed by atoms with van der Waals surface area (Å²) in [6, 6.07) is 9.72. The number of amides is 1. The minimum absolute atomic E-state index is 0.277. The van der Waals surface area contributed by atoms with E-state index in [1.165, 1.54) is 37.3 Å². The Bertz CT molecular complexity index is 719. The Balaban J connectivity index is 1.99. The van der Waals surface area contributed by atoms with Gasteiger partial charge in [0.25, 0.3) is 0 Å². The molecule has 0 saturated carbocycles. The van der Waals surface area contributed by atoms with Gasteiger partial charge in [-0.3, -0.25) is 4.79 Å². The zero-order chi connectivity index (χ0) is 17.7. The number of carbonyl (C=O) groups excluding carboxylic acids is 1. The van der Waals surface area contributed by atoms with E-state index < -0.39 is 29.9 Å². The van der Waals surface area contributed by atoms with E-state index in [2.05, 4.69) is 15.4 Å². The lowest BCUT2D eigenvalue weighted by Gasteiger charge is -2.16. The van der Waals surface area contributed by atoms with Crippen LogP contribution in [0.25, 0.3) is 0 Å². The maximum absolute atomic E-state index is 13.1. The standard InChI is InChI=1S/C16H14F4N2O2/c1-10(15(23)22-12-5-2-4-11(17)8-12)21-13-6-3-7-14(9-13)24-16(18,19)20/h2-10,21H,1H3,(H,22,23)/t10-/m1/s1. The molecule has 0 aliphatic carbocycles. The predicted octanol–water partition coefficient (Wildman–Crippen LogP) is 4.16. The van der Waals surface area contributed by atoms with Crippen LogP contribution in [0.2, 0.25) is 0 Å². The van der Waals surface area contributed by atoms with Gasteiger partial charge < -0.3 is 15.4 Å². The molecule has 0 spiro atoms. The number of ether oxygens (including phenoxy) is 1. The molecule has 0 heterocycles. The first kappa shape index (κ1) is 17.6. The van der Waals surface area contributed by atoms with E-state index in [1.807, 2.05) is 0 Å². The van der Waals surface area contributed by atoms with Crippen molar-refractivity contribution in [2.45, 2.75) is 19.3 Å². The summed E-state index contributed by atoms with van der Waals surface area (Å²) >= 11 is 0. The van der Waals surface area contributed by atoms with Gasteiger partial charge >= 0.3 is 6.36 Å². The van der Waals surface area contributed by atoms with Gasteiger partial charge in [0.2, 0.25) is 5.91 Å². The van der Waals surface area contributed by atoms with Crippen LogP contribution in [0.5, 0.6) is 5.75 Å². The van der Waals surface area contributed by atoms with E-state index in [4.69, 9.17) is 0 Å². The van der Waals surface area contributed by atoms with Gasteiger partial charge in [-0.25, -0.2) is 4.39 Å². The van der Waals surface area contributed by atoms with Gasteiger partial charge in [-0.1, -0.05) is 12.1 Å². The Morgan fingerprint density at radius 1 is 1.08 bits per heavy atom. The van der Waals surface area contributed by atoms with Crippen LogP contribution in [-0.2, 0) is 4.79 Å². The van der Waals surface area contributed by atoms with Gasteiger partial charge in [0.05, 0.1) is 0 Å². The summed E-state index contributed by atoms with van der Waals surface area (Å²) in [6.45, 7) is 1.52. The molecule has 0 unspecified atom stereocenters. The normalized spacial score (nSPS) is 12.4. The molecule has 0 aliphatic heterocycles. The fourth-order valence-electron chi connectivity index (χ4n) is 1.92. The molecule has 4 nitrogen and oxygen atoms in total. The molecular weight excluding hydrogens is 328 g/mol. The monoisotopic (exact) mass is 342 g/mol. The molecule has 0 bridgehead atoms. The first-order valence-corrected chi connectivity index (χ1v) is 6.92. The summed E-state index contributed by atoms with van der Waals surface area (Å²) in [4.78, 5) is 12.0. The molecule has 1 atom stereocenters. The third-order valence-electron chi connectivity index (χ3n) is 2.94. The summed E-state index contributed by atoms with van der Waals surface area (Å²) in [5, 5.41) is 5.25. The average molecular weight is 342 g/mol. The maximum Gasteiger partial charge on any atom is 0.573 e. The Hall–Kier alpha value is -2.77. The van der Waals surface area contributed by atoms with Crippen molar-refractivity contribution in [2.75, 3.05) is 10.6 Å². The van der Waals surface area contributed by atoms with Crippen molar-refractivity contribution in [2.24, 2.45) is 0 Å². The van der Waals surface area contributed by atoms with Gasteiger partial charge in [-0.2, -0.15) is 0 Å². The van der Waals surface area contributed by atoms with Gasteiger partial charge in [0.15, 0.2) is 0 Å². The van der Waals surface area contributed by atoms with E-state index in [0.29, 0.717) is 0 Å². The molecule has 0 radical (unpaired) electrons. The second-order valence-corrected chi connectivity index (χ2v) is 4.94. The zero-order valence-corrected chi connectivity index (χ0v) is 12.5. The fourth-order valence-corrected chi connectivity index (χ4v) is 1.92. The van der Waals surface area contributed by atoms with Crippen molar-refractivity contribution < 1.29 is 27.1 Å². The van der Waals surface area contributed by atoms with Crippen LogP contribution in [0, 0.1) is 5.82 Å². The van der Waals surface area contributed by atoms with Crippen LogP contribution < -0.4 is 15.4 Å². The summed E-state index contributed by atoms with van der Waals surface area (Å²) in [5.41, 5.74) is 0.557. The molecule has 0 aromatic heterocycles. The van der Waals surface area contributed by atoms with Crippen LogP contribution in [0.4, 0.5) is 28.9 Å². The molecule has 1 amide bonds. The highest BCUT2D eigenvalue weighted by atomic mass is 19.4. The molecule has 2 aromatic carbocycles. The second-order valence-electron chi connectivity index (χ2n) is 4.94. The van der Waals surface area contributed by atoms with Gasteiger partial charge in [-0.05, 0) is 37.3 Å². The van der Waals surface area contributed by atoms with Crippen LogP contribution in [-0.4, -0.2) is 18.3 Å². The van der Waals surface area contributed by atoms with Crippen molar-refractivity contribution >= 4 is 17.3 Å². The molecule has 2 rings (SSSR count).